The largest absolute Gasteiger partial charge is 0.390 e. The van der Waals surface area contributed by atoms with Crippen molar-refractivity contribution in [1.82, 2.24) is 15.2 Å². The van der Waals surface area contributed by atoms with E-state index in [9.17, 15) is 5.11 Å². The van der Waals surface area contributed by atoms with Gasteiger partial charge in [-0.2, -0.15) is 0 Å². The maximum absolute atomic E-state index is 10.6. The number of benzene rings is 1. The van der Waals surface area contributed by atoms with Gasteiger partial charge in [-0.15, -0.1) is 0 Å². The van der Waals surface area contributed by atoms with E-state index in [-0.39, 0.29) is 12.1 Å². The van der Waals surface area contributed by atoms with Crippen LogP contribution in [0.15, 0.2) is 54.9 Å². The van der Waals surface area contributed by atoms with Crippen LogP contribution in [0.5, 0.6) is 0 Å². The number of para-hydroxylation sites is 1. The average molecular weight is 367 g/mol. The van der Waals surface area contributed by atoms with Gasteiger partial charge in [0.15, 0.2) is 0 Å². The molecule has 3 heterocycles. The predicted molar refractivity (Wildman–Crippen MR) is 109 cm³/mol. The number of nitrogens with zero attached hydrogens (tertiary/aromatic N) is 3. The molecule has 0 saturated carbocycles. The number of aromatic nitrogens is 1. The molecule has 2 aromatic rings. The normalized spacial score (nSPS) is 24.9. The first-order valence-corrected chi connectivity index (χ1v) is 10.1. The fourth-order valence-corrected chi connectivity index (χ4v) is 4.33. The molecule has 2 saturated heterocycles. The fourth-order valence-electron chi connectivity index (χ4n) is 4.33. The second-order valence-corrected chi connectivity index (χ2v) is 7.82. The molecule has 27 heavy (non-hydrogen) atoms. The van der Waals surface area contributed by atoms with Gasteiger partial charge in [-0.3, -0.25) is 9.88 Å². The van der Waals surface area contributed by atoms with E-state index < -0.39 is 0 Å². The second kappa shape index (κ2) is 8.83. The lowest BCUT2D eigenvalue weighted by Crippen LogP contribution is -2.56. The molecule has 0 aliphatic carbocycles. The molecule has 2 aliphatic rings. The Morgan fingerprint density at radius 1 is 1.00 bits per heavy atom. The summed E-state index contributed by atoms with van der Waals surface area (Å²) in [4.78, 5) is 8.98. The quantitative estimate of drug-likeness (QED) is 0.850. The van der Waals surface area contributed by atoms with Gasteiger partial charge in [-0.05, 0) is 43.0 Å². The van der Waals surface area contributed by atoms with Gasteiger partial charge >= 0.3 is 0 Å². The molecule has 5 heteroatoms. The van der Waals surface area contributed by atoms with E-state index >= 15 is 0 Å². The van der Waals surface area contributed by atoms with E-state index in [1.165, 1.54) is 11.3 Å². The molecule has 0 unspecified atom stereocenters. The maximum Gasteiger partial charge on any atom is 0.0820 e. The van der Waals surface area contributed by atoms with Crippen LogP contribution in [0.4, 0.5) is 5.69 Å². The summed E-state index contributed by atoms with van der Waals surface area (Å²) in [7, 11) is 0. The highest BCUT2D eigenvalue weighted by atomic mass is 16.3. The van der Waals surface area contributed by atoms with Crippen molar-refractivity contribution in [2.45, 2.75) is 44.0 Å². The molecule has 1 aromatic heterocycles. The highest BCUT2D eigenvalue weighted by molar-refractivity contribution is 5.46. The van der Waals surface area contributed by atoms with E-state index in [1.54, 1.807) is 6.20 Å². The highest BCUT2D eigenvalue weighted by Crippen LogP contribution is 2.21. The number of aliphatic hydroxyl groups excluding tert-OH is 1. The second-order valence-electron chi connectivity index (χ2n) is 7.82. The van der Waals surface area contributed by atoms with Crippen LogP contribution in [0.25, 0.3) is 0 Å². The zero-order valence-corrected chi connectivity index (χ0v) is 15.9. The van der Waals surface area contributed by atoms with Crippen LogP contribution in [-0.2, 0) is 6.54 Å². The fraction of sp³-hybridized carbons (Fsp3) is 0.500. The first kappa shape index (κ1) is 18.4. The number of rotatable bonds is 5. The van der Waals surface area contributed by atoms with Gasteiger partial charge in [0, 0.05) is 62.9 Å². The summed E-state index contributed by atoms with van der Waals surface area (Å²) in [6, 6.07) is 15.5. The Bertz CT molecular complexity index is 688. The van der Waals surface area contributed by atoms with Crippen LogP contribution in [0.2, 0.25) is 0 Å². The van der Waals surface area contributed by atoms with Crippen molar-refractivity contribution in [3.63, 3.8) is 0 Å². The molecule has 0 amide bonds. The standard InChI is InChI=1S/C22H30N4O/c27-22-17-25(16-18-5-4-11-23-15-18)12-10-21(22)24-19-8-13-26(14-9-19)20-6-2-1-3-7-20/h1-7,11,15,19,21-22,24,27H,8-10,12-14,16-17H2/t21-,22-/m1/s1. The zero-order chi connectivity index (χ0) is 18.5. The number of hydrogen-bond donors (Lipinski definition) is 2. The Morgan fingerprint density at radius 2 is 1.81 bits per heavy atom. The van der Waals surface area contributed by atoms with Crippen molar-refractivity contribution >= 4 is 5.69 Å². The number of β-amino-alcohol motifs (C(OH)–C–C–N with tert-alkyl or cyclic N) is 1. The van der Waals surface area contributed by atoms with Crippen molar-refractivity contribution in [3.8, 4) is 0 Å². The smallest absolute Gasteiger partial charge is 0.0820 e. The zero-order valence-electron chi connectivity index (χ0n) is 15.9. The Kier molecular flexibility index (Phi) is 6.02. The topological polar surface area (TPSA) is 51.6 Å². The van der Waals surface area contributed by atoms with Crippen LogP contribution in [0.1, 0.15) is 24.8 Å². The lowest BCUT2D eigenvalue weighted by Gasteiger charge is -2.40. The molecule has 2 N–H and O–H groups in total. The van der Waals surface area contributed by atoms with Gasteiger partial charge < -0.3 is 15.3 Å². The lowest BCUT2D eigenvalue weighted by molar-refractivity contribution is 0.0317. The Labute approximate surface area is 162 Å². The molecular weight excluding hydrogens is 336 g/mol. The summed E-state index contributed by atoms with van der Waals surface area (Å²) in [6.07, 6.45) is 6.69. The molecule has 4 rings (SSSR count). The number of piperidine rings is 2. The summed E-state index contributed by atoms with van der Waals surface area (Å²) in [6.45, 7) is 4.78. The van der Waals surface area contributed by atoms with Crippen LogP contribution in [-0.4, -0.2) is 59.4 Å². The van der Waals surface area contributed by atoms with Gasteiger partial charge in [-0.1, -0.05) is 24.3 Å². The Hall–Kier alpha value is -1.95. The van der Waals surface area contributed by atoms with Gasteiger partial charge in [0.25, 0.3) is 0 Å². The van der Waals surface area contributed by atoms with Crippen molar-refractivity contribution in [2.24, 2.45) is 0 Å². The van der Waals surface area contributed by atoms with E-state index in [1.807, 2.05) is 12.3 Å². The average Bonchev–Trinajstić information content (AvgIpc) is 2.72. The van der Waals surface area contributed by atoms with Gasteiger partial charge in [0.2, 0.25) is 0 Å². The molecule has 2 atom stereocenters. The minimum atomic E-state index is -0.303. The minimum Gasteiger partial charge on any atom is -0.390 e. The lowest BCUT2D eigenvalue weighted by atomic mass is 9.97. The number of likely N-dealkylation sites (tertiary alicyclic amines) is 1. The SMILES string of the molecule is O[C@@H]1CN(Cc2cccnc2)CC[C@H]1NC1CCN(c2ccccc2)CC1. The summed E-state index contributed by atoms with van der Waals surface area (Å²) < 4.78 is 0. The summed E-state index contributed by atoms with van der Waals surface area (Å²) in [5.74, 6) is 0. The van der Waals surface area contributed by atoms with Crippen molar-refractivity contribution < 1.29 is 5.11 Å². The molecule has 0 spiro atoms. The first-order chi connectivity index (χ1) is 13.3. The van der Waals surface area contributed by atoms with Crippen LogP contribution < -0.4 is 10.2 Å². The molecule has 144 valence electrons. The molecular formula is C22H30N4O. The highest BCUT2D eigenvalue weighted by Gasteiger charge is 2.30. The summed E-state index contributed by atoms with van der Waals surface area (Å²) in [5, 5.41) is 14.4. The van der Waals surface area contributed by atoms with Gasteiger partial charge in [0.05, 0.1) is 6.10 Å². The number of anilines is 1. The molecule has 0 radical (unpaired) electrons. The third-order valence-electron chi connectivity index (χ3n) is 5.86. The first-order valence-electron chi connectivity index (χ1n) is 10.1. The monoisotopic (exact) mass is 366 g/mol. The van der Waals surface area contributed by atoms with E-state index in [4.69, 9.17) is 0 Å². The van der Waals surface area contributed by atoms with E-state index in [0.29, 0.717) is 6.04 Å². The van der Waals surface area contributed by atoms with Crippen LogP contribution in [0, 0.1) is 0 Å². The Balaban J connectivity index is 1.23. The summed E-state index contributed by atoms with van der Waals surface area (Å²) >= 11 is 0. The Morgan fingerprint density at radius 3 is 2.52 bits per heavy atom. The predicted octanol–water partition coefficient (Wildman–Crippen LogP) is 2.28. The third-order valence-corrected chi connectivity index (χ3v) is 5.86. The van der Waals surface area contributed by atoms with Crippen molar-refractivity contribution in [2.75, 3.05) is 31.1 Å². The molecule has 2 fully saturated rings. The summed E-state index contributed by atoms with van der Waals surface area (Å²) in [5.41, 5.74) is 2.53. The van der Waals surface area contributed by atoms with Crippen molar-refractivity contribution in [1.29, 1.82) is 0 Å². The third kappa shape index (κ3) is 4.86. The molecule has 1 aromatic carbocycles. The van der Waals surface area contributed by atoms with Gasteiger partial charge in [0.1, 0.15) is 0 Å². The van der Waals surface area contributed by atoms with E-state index in [0.717, 1.165) is 52.0 Å². The van der Waals surface area contributed by atoms with Crippen LogP contribution >= 0.6 is 0 Å². The maximum atomic E-state index is 10.6. The van der Waals surface area contributed by atoms with Crippen LogP contribution in [0.3, 0.4) is 0 Å². The van der Waals surface area contributed by atoms with Crippen molar-refractivity contribution in [3.05, 3.63) is 60.4 Å². The molecule has 5 nitrogen and oxygen atoms in total. The number of pyridine rings is 1. The molecule has 2 aliphatic heterocycles. The van der Waals surface area contributed by atoms with Gasteiger partial charge in [-0.25, -0.2) is 0 Å². The molecule has 0 bridgehead atoms. The number of nitrogens with one attached hydrogen (secondary N) is 1. The minimum absolute atomic E-state index is 0.212. The van der Waals surface area contributed by atoms with E-state index in [2.05, 4.69) is 56.5 Å². The number of hydrogen-bond acceptors (Lipinski definition) is 5. The number of aliphatic hydroxyl groups is 1.